The van der Waals surface area contributed by atoms with Gasteiger partial charge in [0.2, 0.25) is 0 Å². The monoisotopic (exact) mass is 172 g/mol. The van der Waals surface area contributed by atoms with E-state index in [9.17, 15) is 0 Å². The molecule has 0 unspecified atom stereocenters. The predicted molar refractivity (Wildman–Crippen MR) is 36.0 cm³/mol. The maximum absolute atomic E-state index is 2.28. The van der Waals surface area contributed by atoms with Crippen LogP contribution in [0.15, 0.2) is 0 Å². The Morgan fingerprint density at radius 2 is 1.50 bits per heavy atom. The van der Waals surface area contributed by atoms with Crippen molar-refractivity contribution in [2.24, 2.45) is 5.92 Å². The third-order valence-corrected chi connectivity index (χ3v) is 0.866. The van der Waals surface area contributed by atoms with Crippen LogP contribution in [0.5, 0.6) is 0 Å². The highest BCUT2D eigenvalue weighted by molar-refractivity contribution is 8.93. The molecule has 1 aliphatic rings. The van der Waals surface area contributed by atoms with E-state index in [-0.39, 0.29) is 29.4 Å². The lowest BCUT2D eigenvalue weighted by atomic mass is 10.5. The van der Waals surface area contributed by atoms with Gasteiger partial charge in [0.1, 0.15) is 0 Å². The molecule has 1 aliphatic carbocycles. The van der Waals surface area contributed by atoms with Gasteiger partial charge < -0.3 is 0 Å². The molecule has 0 heterocycles. The third kappa shape index (κ3) is 4.77. The zero-order valence-corrected chi connectivity index (χ0v) is 6.34. The van der Waals surface area contributed by atoms with E-state index in [0.717, 1.165) is 5.92 Å². The number of rotatable bonds is 0. The molecule has 1 fully saturated rings. The van der Waals surface area contributed by atoms with Gasteiger partial charge in [0.15, 0.2) is 0 Å². The molecule has 0 spiro atoms. The van der Waals surface area contributed by atoms with Crippen molar-refractivity contribution in [3.63, 3.8) is 0 Å². The summed E-state index contributed by atoms with van der Waals surface area (Å²) >= 11 is 0. The summed E-state index contributed by atoms with van der Waals surface area (Å²) in [5.41, 5.74) is 0. The Balaban J connectivity index is 0. The highest BCUT2D eigenvalue weighted by Gasteiger charge is 2.12. The Kier molecular flexibility index (Phi) is 6.51. The predicted octanol–water partition coefficient (Wildman–Crippen LogP) is 2.42. The second-order valence-corrected chi connectivity index (χ2v) is 1.68. The summed E-state index contributed by atoms with van der Waals surface area (Å²) in [5, 5.41) is 0. The Hall–Kier alpha value is 0.770. The fourth-order valence-electron chi connectivity index (χ4n) is 0.167. The lowest BCUT2D eigenvalue weighted by molar-refractivity contribution is 0.983. The van der Waals surface area contributed by atoms with Crippen molar-refractivity contribution in [3.05, 3.63) is 0 Å². The van der Waals surface area contributed by atoms with Crippen molar-refractivity contribution in [2.75, 3.05) is 0 Å². The van der Waals surface area contributed by atoms with Crippen LogP contribution in [0.25, 0.3) is 0 Å². The molecule has 1 saturated carbocycles. The Bertz CT molecular complexity index is 26.7. The molecule has 0 aromatic carbocycles. The van der Waals surface area contributed by atoms with Gasteiger partial charge in [-0.05, 0) is 5.92 Å². The zero-order chi connectivity index (χ0) is 2.99. The summed E-state index contributed by atoms with van der Waals surface area (Å²) in [6, 6.07) is 0. The maximum Gasteiger partial charge on any atom is -0.0443 e. The molecule has 0 nitrogen and oxygen atoms in total. The quantitative estimate of drug-likeness (QED) is 0.528. The van der Waals surface area contributed by atoms with Crippen molar-refractivity contribution in [1.82, 2.24) is 0 Å². The molecule has 0 atom stereocenters. The fraction of sp³-hybridized carbons (Fsp3) is 1.00. The van der Waals surface area contributed by atoms with Crippen LogP contribution in [0, 0.1) is 5.92 Å². The lowest BCUT2D eigenvalue weighted by Gasteiger charge is -1.53. The average molecular weight is 173 g/mol. The summed E-state index contributed by atoms with van der Waals surface area (Å²) in [7, 11) is 0. The Labute approximate surface area is 55.5 Å². The first-order valence-corrected chi connectivity index (χ1v) is 1.89. The van der Waals surface area contributed by atoms with E-state index in [0.29, 0.717) is 0 Å². The largest absolute Gasteiger partial charge is 0.147 e. The van der Waals surface area contributed by atoms with E-state index in [1.165, 1.54) is 12.8 Å². The van der Waals surface area contributed by atoms with Crippen LogP contribution in [-0.4, -0.2) is 0 Å². The van der Waals surface area contributed by atoms with Crippen LogP contribution in [0.2, 0.25) is 0 Å². The SMILES string of the molecule is Br.CC1CC1.Cl. The van der Waals surface area contributed by atoms with Crippen LogP contribution >= 0.6 is 29.4 Å². The first kappa shape index (κ1) is 9.91. The van der Waals surface area contributed by atoms with Gasteiger partial charge in [0.05, 0.1) is 0 Å². The second-order valence-electron chi connectivity index (χ2n) is 1.68. The minimum Gasteiger partial charge on any atom is -0.147 e. The molecule has 0 aromatic rings. The van der Waals surface area contributed by atoms with Crippen molar-refractivity contribution >= 4 is 29.4 Å². The molecule has 1 rings (SSSR count). The molecule has 0 radical (unpaired) electrons. The number of halogens is 2. The molecule has 40 valence electrons. The van der Waals surface area contributed by atoms with E-state index < -0.39 is 0 Å². The van der Waals surface area contributed by atoms with Crippen LogP contribution in [0.3, 0.4) is 0 Å². The van der Waals surface area contributed by atoms with Crippen molar-refractivity contribution in [1.29, 1.82) is 0 Å². The molecule has 0 aliphatic heterocycles. The van der Waals surface area contributed by atoms with E-state index in [4.69, 9.17) is 0 Å². The van der Waals surface area contributed by atoms with Crippen molar-refractivity contribution < 1.29 is 0 Å². The first-order valence-electron chi connectivity index (χ1n) is 1.89. The molecule has 0 amide bonds. The van der Waals surface area contributed by atoms with Gasteiger partial charge in [0, 0.05) is 0 Å². The molecule has 6 heavy (non-hydrogen) atoms. The summed E-state index contributed by atoms with van der Waals surface area (Å²) < 4.78 is 0. The van der Waals surface area contributed by atoms with Gasteiger partial charge in [0.25, 0.3) is 0 Å². The molecular formula is C4H10BrCl. The molecular weight excluding hydrogens is 163 g/mol. The maximum atomic E-state index is 2.28. The van der Waals surface area contributed by atoms with Gasteiger partial charge in [-0.1, -0.05) is 19.8 Å². The van der Waals surface area contributed by atoms with E-state index in [1.807, 2.05) is 0 Å². The fourth-order valence-corrected chi connectivity index (χ4v) is 0.167. The van der Waals surface area contributed by atoms with Gasteiger partial charge in [-0.3, -0.25) is 0 Å². The minimum absolute atomic E-state index is 0. The topological polar surface area (TPSA) is 0 Å². The smallest absolute Gasteiger partial charge is 0.0443 e. The van der Waals surface area contributed by atoms with Gasteiger partial charge in [-0.2, -0.15) is 0 Å². The number of hydrogen-bond acceptors (Lipinski definition) is 0. The minimum atomic E-state index is 0. The van der Waals surface area contributed by atoms with E-state index in [2.05, 4.69) is 6.92 Å². The Morgan fingerprint density at radius 1 is 1.33 bits per heavy atom. The van der Waals surface area contributed by atoms with Gasteiger partial charge >= 0.3 is 0 Å². The molecule has 0 N–H and O–H groups in total. The number of hydrogen-bond donors (Lipinski definition) is 0. The molecule has 2 heteroatoms. The van der Waals surface area contributed by atoms with Crippen molar-refractivity contribution in [3.8, 4) is 0 Å². The van der Waals surface area contributed by atoms with Crippen LogP contribution in [0.1, 0.15) is 19.8 Å². The van der Waals surface area contributed by atoms with E-state index >= 15 is 0 Å². The van der Waals surface area contributed by atoms with Crippen LogP contribution < -0.4 is 0 Å². The lowest BCUT2D eigenvalue weighted by Crippen LogP contribution is -1.42. The molecule has 0 aromatic heterocycles. The zero-order valence-electron chi connectivity index (χ0n) is 3.81. The second kappa shape index (κ2) is 3.94. The average Bonchev–Trinajstić information content (AvgIpc) is 1.75. The highest BCUT2D eigenvalue weighted by atomic mass is 79.9. The standard InChI is InChI=1S/C4H8.BrH.ClH/c1-4-2-3-4;;/h4H,2-3H2,1H3;2*1H. The Morgan fingerprint density at radius 3 is 1.50 bits per heavy atom. The molecule has 0 bridgehead atoms. The van der Waals surface area contributed by atoms with E-state index in [1.54, 1.807) is 0 Å². The van der Waals surface area contributed by atoms with Gasteiger partial charge in [-0.25, -0.2) is 0 Å². The molecule has 0 saturated heterocycles. The normalized spacial score (nSPS) is 17.5. The van der Waals surface area contributed by atoms with Gasteiger partial charge in [-0.15, -0.1) is 29.4 Å². The van der Waals surface area contributed by atoms with Crippen LogP contribution in [0.4, 0.5) is 0 Å². The summed E-state index contributed by atoms with van der Waals surface area (Å²) in [6.45, 7) is 2.28. The summed E-state index contributed by atoms with van der Waals surface area (Å²) in [4.78, 5) is 0. The van der Waals surface area contributed by atoms with Crippen LogP contribution in [-0.2, 0) is 0 Å². The summed E-state index contributed by atoms with van der Waals surface area (Å²) in [6.07, 6.45) is 2.97. The third-order valence-electron chi connectivity index (χ3n) is 0.866. The summed E-state index contributed by atoms with van der Waals surface area (Å²) in [5.74, 6) is 1.08. The van der Waals surface area contributed by atoms with Crippen molar-refractivity contribution in [2.45, 2.75) is 19.8 Å². The first-order chi connectivity index (χ1) is 1.89. The highest BCUT2D eigenvalue weighted by Crippen LogP contribution is 2.26.